The number of fused-ring (bicyclic) bond motifs is 12. The number of para-hydroxylation sites is 7. The third-order valence-electron chi connectivity index (χ3n) is 12.7. The van der Waals surface area contributed by atoms with Gasteiger partial charge in [-0.05, 0) is 89.4 Å². The van der Waals surface area contributed by atoms with Gasteiger partial charge in [-0.2, -0.15) is 0 Å². The van der Waals surface area contributed by atoms with Crippen molar-refractivity contribution in [2.45, 2.75) is 0 Å². The molecule has 14 aromatic rings. The van der Waals surface area contributed by atoms with Crippen LogP contribution >= 0.6 is 0 Å². The largest absolute Gasteiger partial charge is 0.456 e. The number of rotatable bonds is 5. The van der Waals surface area contributed by atoms with Crippen molar-refractivity contribution in [1.82, 2.24) is 18.7 Å². The Labute approximate surface area is 378 Å². The van der Waals surface area contributed by atoms with Crippen LogP contribution in [0.2, 0.25) is 0 Å². The molecule has 0 aliphatic carbocycles. The van der Waals surface area contributed by atoms with Gasteiger partial charge in [-0.3, -0.25) is 9.13 Å². The number of hydrogen-bond acceptors (Lipinski definition) is 2. The zero-order valence-corrected chi connectivity index (χ0v) is 33.9. The molecule has 298 valence electrons. The normalized spacial score (nSPS) is 13.8. The molecular formula is C59H36N4O. The average Bonchev–Trinajstić information content (AvgIpc) is 4.17. The minimum absolute atomic E-state index is 0.0194. The van der Waals surface area contributed by atoms with E-state index >= 15 is 0 Å². The van der Waals surface area contributed by atoms with Crippen molar-refractivity contribution in [3.63, 3.8) is 0 Å². The lowest BCUT2D eigenvalue weighted by molar-refractivity contribution is 0.669. The summed E-state index contributed by atoms with van der Waals surface area (Å²) in [5.41, 5.74) is 9.31. The molecule has 0 atom stereocenters. The Hall–Kier alpha value is -8.67. The van der Waals surface area contributed by atoms with Crippen LogP contribution in [-0.2, 0) is 0 Å². The molecule has 5 aromatic heterocycles. The molecule has 0 bridgehead atoms. The van der Waals surface area contributed by atoms with E-state index < -0.39 is 48.3 Å². The van der Waals surface area contributed by atoms with Gasteiger partial charge in [-0.1, -0.05) is 145 Å². The molecule has 0 N–H and O–H groups in total. The second-order valence-electron chi connectivity index (χ2n) is 16.1. The van der Waals surface area contributed by atoms with Crippen molar-refractivity contribution in [2.75, 3.05) is 0 Å². The van der Waals surface area contributed by atoms with Crippen LogP contribution in [0.3, 0.4) is 0 Å². The summed E-state index contributed by atoms with van der Waals surface area (Å²) in [5.74, 6) is 0.648. The highest BCUT2D eigenvalue weighted by molar-refractivity contribution is 6.13. The lowest BCUT2D eigenvalue weighted by atomic mass is 9.92. The van der Waals surface area contributed by atoms with Crippen molar-refractivity contribution in [3.8, 4) is 39.6 Å². The maximum Gasteiger partial charge on any atom is 0.140 e. The van der Waals surface area contributed by atoms with Gasteiger partial charge in [0.15, 0.2) is 0 Å². The second kappa shape index (κ2) is 13.4. The zero-order chi connectivity index (χ0) is 48.8. The standard InChI is InChI=1S/C59H36N4O/c1-8-24-48-40(16-1)41-17-2-9-25-49(41)61(48)54-30-15-23-39(37-32-33-56-47(34-37)46-22-7-14-31-55(46)64-56)59(54)38-35-57(62-50-26-10-3-18-42(50)43-19-4-11-27-51(43)62)60-58(36-38)63-52-28-12-5-20-44(52)45-21-6-13-29-53(45)63/h1-36H/i3D,4D,10D,11D,18D,19D,26D,27D. The summed E-state index contributed by atoms with van der Waals surface area (Å²) in [7, 11) is 0. The minimum Gasteiger partial charge on any atom is -0.456 e. The number of pyridine rings is 1. The Morgan fingerprint density at radius 2 is 0.844 bits per heavy atom. The third-order valence-corrected chi connectivity index (χ3v) is 12.7. The zero-order valence-electron chi connectivity index (χ0n) is 41.9. The van der Waals surface area contributed by atoms with Crippen molar-refractivity contribution in [3.05, 3.63) is 218 Å². The summed E-state index contributed by atoms with van der Waals surface area (Å²) in [5, 5.41) is 6.02. The molecular weight excluding hydrogens is 781 g/mol. The van der Waals surface area contributed by atoms with Crippen molar-refractivity contribution >= 4 is 87.4 Å². The lowest BCUT2D eigenvalue weighted by Crippen LogP contribution is -2.06. The van der Waals surface area contributed by atoms with E-state index in [0.717, 1.165) is 87.9 Å². The van der Waals surface area contributed by atoms with E-state index in [0.29, 0.717) is 11.4 Å². The molecule has 64 heavy (non-hydrogen) atoms. The first-order valence-electron chi connectivity index (χ1n) is 25.1. The molecule has 5 heteroatoms. The van der Waals surface area contributed by atoms with Gasteiger partial charge in [-0.15, -0.1) is 0 Å². The molecule has 0 radical (unpaired) electrons. The molecule has 14 rings (SSSR count). The molecule has 0 aliphatic rings. The van der Waals surface area contributed by atoms with E-state index in [-0.39, 0.29) is 27.6 Å². The van der Waals surface area contributed by atoms with Gasteiger partial charge >= 0.3 is 0 Å². The highest BCUT2D eigenvalue weighted by atomic mass is 16.3. The van der Waals surface area contributed by atoms with Crippen LogP contribution in [0.15, 0.2) is 223 Å². The fourth-order valence-corrected chi connectivity index (χ4v) is 10.0. The Balaban J connectivity index is 1.19. The first kappa shape index (κ1) is 28.0. The Bertz CT molecular complexity index is 4510. The fourth-order valence-electron chi connectivity index (χ4n) is 10.0. The smallest absolute Gasteiger partial charge is 0.140 e. The predicted molar refractivity (Wildman–Crippen MR) is 265 cm³/mol. The summed E-state index contributed by atoms with van der Waals surface area (Å²) in [6, 6.07) is 53.6. The van der Waals surface area contributed by atoms with Gasteiger partial charge in [0.05, 0.1) is 49.8 Å². The molecule has 9 aromatic carbocycles. The van der Waals surface area contributed by atoms with Gasteiger partial charge in [0.1, 0.15) is 22.8 Å². The van der Waals surface area contributed by atoms with E-state index in [1.165, 1.54) is 4.57 Å². The quantitative estimate of drug-likeness (QED) is 0.173. The predicted octanol–water partition coefficient (Wildman–Crippen LogP) is 15.6. The molecule has 0 aliphatic heterocycles. The molecule has 0 spiro atoms. The van der Waals surface area contributed by atoms with Gasteiger partial charge < -0.3 is 8.98 Å². The molecule has 5 heterocycles. The number of nitrogens with zero attached hydrogens (tertiary/aromatic N) is 4. The van der Waals surface area contributed by atoms with E-state index in [9.17, 15) is 5.48 Å². The summed E-state index contributed by atoms with van der Waals surface area (Å²) >= 11 is 0. The van der Waals surface area contributed by atoms with E-state index in [4.69, 9.17) is 14.9 Å². The summed E-state index contributed by atoms with van der Waals surface area (Å²) < 4.78 is 85.2. The van der Waals surface area contributed by atoms with Crippen LogP contribution in [0.25, 0.3) is 127 Å². The Morgan fingerprint density at radius 3 is 1.44 bits per heavy atom. The van der Waals surface area contributed by atoms with Crippen LogP contribution in [0, 0.1) is 0 Å². The van der Waals surface area contributed by atoms with Gasteiger partial charge in [0.25, 0.3) is 0 Å². The minimum atomic E-state index is -0.515. The van der Waals surface area contributed by atoms with Crippen LogP contribution in [0.1, 0.15) is 11.0 Å². The molecule has 0 saturated heterocycles. The Kier molecular flexibility index (Phi) is 5.88. The van der Waals surface area contributed by atoms with Gasteiger partial charge in [0, 0.05) is 48.7 Å². The van der Waals surface area contributed by atoms with Crippen molar-refractivity contribution in [2.24, 2.45) is 0 Å². The Morgan fingerprint density at radius 1 is 0.359 bits per heavy atom. The highest BCUT2D eigenvalue weighted by Gasteiger charge is 2.24. The van der Waals surface area contributed by atoms with Gasteiger partial charge in [0.2, 0.25) is 0 Å². The molecule has 0 saturated carbocycles. The fraction of sp³-hybridized carbons (Fsp3) is 0. The molecule has 5 nitrogen and oxygen atoms in total. The molecule has 0 unspecified atom stereocenters. The van der Waals surface area contributed by atoms with Gasteiger partial charge in [-0.25, -0.2) is 4.98 Å². The average molecular weight is 825 g/mol. The van der Waals surface area contributed by atoms with Crippen LogP contribution < -0.4 is 0 Å². The summed E-state index contributed by atoms with van der Waals surface area (Å²) in [6.07, 6.45) is 0. The first-order valence-corrected chi connectivity index (χ1v) is 21.1. The first-order chi connectivity index (χ1) is 35.1. The topological polar surface area (TPSA) is 40.8 Å². The maximum atomic E-state index is 9.49. The van der Waals surface area contributed by atoms with Crippen molar-refractivity contribution < 1.29 is 15.4 Å². The molecule has 0 fully saturated rings. The SMILES string of the molecule is [2H]c1c([2H])c([2H])c2c(c1[2H])c1c([2H])c([2H])c([2H])c([2H])c1n2-c1cc(-c2c(-c3ccc4oc5ccccc5c4c3)cccc2-n2c3ccccc3c3ccccc32)cc(-n2c3ccccc3c3ccccc32)n1. The number of benzene rings is 9. The van der Waals surface area contributed by atoms with Crippen LogP contribution in [-0.4, -0.2) is 18.7 Å². The van der Waals surface area contributed by atoms with Crippen LogP contribution in [0.5, 0.6) is 0 Å². The van der Waals surface area contributed by atoms with Crippen molar-refractivity contribution in [1.29, 1.82) is 0 Å². The second-order valence-corrected chi connectivity index (χ2v) is 16.1. The monoisotopic (exact) mass is 824 g/mol. The van der Waals surface area contributed by atoms with Crippen LogP contribution in [0.4, 0.5) is 0 Å². The summed E-state index contributed by atoms with van der Waals surface area (Å²) in [4.78, 5) is 5.45. The maximum absolute atomic E-state index is 9.49. The number of aromatic nitrogens is 4. The molecule has 0 amide bonds. The lowest BCUT2D eigenvalue weighted by Gasteiger charge is -2.21. The van der Waals surface area contributed by atoms with E-state index in [1.807, 2.05) is 97.1 Å². The number of furan rings is 1. The van der Waals surface area contributed by atoms with E-state index in [2.05, 4.69) is 81.9 Å². The third kappa shape index (κ3) is 4.98. The highest BCUT2D eigenvalue weighted by Crippen LogP contribution is 2.45. The number of hydrogen-bond donors (Lipinski definition) is 0. The van der Waals surface area contributed by atoms with E-state index in [1.54, 1.807) is 0 Å². The summed E-state index contributed by atoms with van der Waals surface area (Å²) in [6.45, 7) is 0.